The second-order valence-corrected chi connectivity index (χ2v) is 10.8. The Kier molecular flexibility index (Phi) is 15.8. The SMILES string of the molecule is CC(C)c1cccc(C(C)C)c1N=Cc1cc(Cl)cc(C=Nc2c(C(C)C)cccc2C(C)C)n1.[Cl-].[Cl-].[V+2]. The zero-order chi connectivity index (χ0) is 25.7. The second-order valence-electron chi connectivity index (χ2n) is 10.3. The summed E-state index contributed by atoms with van der Waals surface area (Å²) in [5.41, 5.74) is 8.45. The molecule has 0 spiro atoms. The van der Waals surface area contributed by atoms with E-state index in [1.54, 1.807) is 0 Å². The summed E-state index contributed by atoms with van der Waals surface area (Å²) >= 11 is 6.48. The fourth-order valence-corrected chi connectivity index (χ4v) is 4.48. The van der Waals surface area contributed by atoms with Gasteiger partial charge in [-0.15, -0.1) is 0 Å². The largest absolute Gasteiger partial charge is 2.00 e. The molecule has 0 saturated carbocycles. The van der Waals surface area contributed by atoms with E-state index in [0.29, 0.717) is 40.1 Å². The number of aromatic nitrogens is 1. The topological polar surface area (TPSA) is 37.6 Å². The first-order valence-corrected chi connectivity index (χ1v) is 13.0. The minimum Gasteiger partial charge on any atom is -1.00 e. The van der Waals surface area contributed by atoms with Gasteiger partial charge in [0, 0.05) is 5.02 Å². The van der Waals surface area contributed by atoms with E-state index in [0.717, 1.165) is 11.4 Å². The molecule has 1 aromatic heterocycles. The number of rotatable bonds is 8. The van der Waals surface area contributed by atoms with Crippen LogP contribution in [0.5, 0.6) is 0 Å². The molecular formula is C31H38Cl3N3V. The molecular weight excluding hydrogens is 572 g/mol. The summed E-state index contributed by atoms with van der Waals surface area (Å²) in [6, 6.07) is 16.6. The number of benzene rings is 2. The molecule has 1 heterocycles. The van der Waals surface area contributed by atoms with E-state index < -0.39 is 0 Å². The van der Waals surface area contributed by atoms with Gasteiger partial charge in [0.2, 0.25) is 0 Å². The van der Waals surface area contributed by atoms with Crippen molar-refractivity contribution in [2.45, 2.75) is 79.1 Å². The van der Waals surface area contributed by atoms with Crippen molar-refractivity contribution in [2.24, 2.45) is 9.98 Å². The smallest absolute Gasteiger partial charge is 1.00 e. The maximum Gasteiger partial charge on any atom is 2.00 e. The van der Waals surface area contributed by atoms with Gasteiger partial charge in [-0.05, 0) is 58.1 Å². The van der Waals surface area contributed by atoms with Crippen LogP contribution in [0, 0.1) is 0 Å². The van der Waals surface area contributed by atoms with Crippen LogP contribution in [0.1, 0.15) is 113 Å². The summed E-state index contributed by atoms with van der Waals surface area (Å²) in [5, 5.41) is 0.616. The van der Waals surface area contributed by atoms with E-state index in [2.05, 4.69) is 91.8 Å². The maximum absolute atomic E-state index is 6.48. The van der Waals surface area contributed by atoms with Gasteiger partial charge >= 0.3 is 18.6 Å². The predicted octanol–water partition coefficient (Wildman–Crippen LogP) is 3.74. The Bertz CT molecular complexity index is 1090. The van der Waals surface area contributed by atoms with Crippen LogP contribution in [0.25, 0.3) is 0 Å². The Hall–Kier alpha value is -1.62. The average molecular weight is 610 g/mol. The summed E-state index contributed by atoms with van der Waals surface area (Å²) in [5.74, 6) is 1.53. The van der Waals surface area contributed by atoms with Crippen LogP contribution in [0.3, 0.4) is 0 Å². The third-order valence-electron chi connectivity index (χ3n) is 6.17. The van der Waals surface area contributed by atoms with Crippen LogP contribution in [0.15, 0.2) is 58.5 Å². The Balaban J connectivity index is 0.00000456. The van der Waals surface area contributed by atoms with Gasteiger partial charge < -0.3 is 24.8 Å². The van der Waals surface area contributed by atoms with Crippen molar-refractivity contribution in [3.63, 3.8) is 0 Å². The predicted molar refractivity (Wildman–Crippen MR) is 153 cm³/mol. The minimum atomic E-state index is 0. The van der Waals surface area contributed by atoms with Gasteiger partial charge in [0.05, 0.1) is 35.2 Å². The number of aliphatic imine (C=N–C) groups is 2. The van der Waals surface area contributed by atoms with Gasteiger partial charge in [-0.2, -0.15) is 0 Å². The molecule has 0 unspecified atom stereocenters. The van der Waals surface area contributed by atoms with Crippen molar-refractivity contribution in [2.75, 3.05) is 0 Å². The van der Waals surface area contributed by atoms with Gasteiger partial charge in [0.1, 0.15) is 0 Å². The number of pyridine rings is 1. The van der Waals surface area contributed by atoms with Gasteiger partial charge in [-0.3, -0.25) is 9.98 Å². The molecule has 7 heteroatoms. The van der Waals surface area contributed by atoms with Gasteiger partial charge in [0.15, 0.2) is 0 Å². The molecule has 1 radical (unpaired) electrons. The molecule has 3 aromatic rings. The van der Waals surface area contributed by atoms with Crippen molar-refractivity contribution in [3.05, 3.63) is 87.2 Å². The molecule has 0 bridgehead atoms. The van der Waals surface area contributed by atoms with Crippen molar-refractivity contribution >= 4 is 35.4 Å². The molecule has 0 fully saturated rings. The van der Waals surface area contributed by atoms with Crippen LogP contribution in [-0.4, -0.2) is 17.4 Å². The molecule has 0 amide bonds. The van der Waals surface area contributed by atoms with E-state index in [4.69, 9.17) is 26.6 Å². The molecule has 0 aliphatic heterocycles. The first-order chi connectivity index (χ1) is 16.6. The zero-order valence-corrected chi connectivity index (χ0v) is 27.2. The Morgan fingerprint density at radius 1 is 0.605 bits per heavy atom. The van der Waals surface area contributed by atoms with E-state index >= 15 is 0 Å². The molecule has 3 nitrogen and oxygen atoms in total. The molecule has 38 heavy (non-hydrogen) atoms. The summed E-state index contributed by atoms with van der Waals surface area (Å²) in [6.45, 7) is 17.6. The summed E-state index contributed by atoms with van der Waals surface area (Å²) in [7, 11) is 0. The summed E-state index contributed by atoms with van der Waals surface area (Å²) in [6.07, 6.45) is 3.63. The van der Waals surface area contributed by atoms with Crippen molar-refractivity contribution in [1.82, 2.24) is 4.98 Å². The van der Waals surface area contributed by atoms with E-state index in [-0.39, 0.29) is 43.4 Å². The monoisotopic (exact) mass is 608 g/mol. The van der Waals surface area contributed by atoms with Crippen molar-refractivity contribution in [3.8, 4) is 0 Å². The number of hydrogen-bond acceptors (Lipinski definition) is 3. The third kappa shape index (κ3) is 9.24. The van der Waals surface area contributed by atoms with Crippen LogP contribution >= 0.6 is 11.6 Å². The summed E-state index contributed by atoms with van der Waals surface area (Å²) in [4.78, 5) is 14.6. The quantitative estimate of drug-likeness (QED) is 0.359. The zero-order valence-electron chi connectivity index (χ0n) is 23.5. The van der Waals surface area contributed by atoms with Crippen LogP contribution in [0.4, 0.5) is 11.4 Å². The molecule has 0 saturated heterocycles. The van der Waals surface area contributed by atoms with E-state index in [9.17, 15) is 0 Å². The Morgan fingerprint density at radius 2 is 0.895 bits per heavy atom. The molecule has 0 N–H and O–H groups in total. The van der Waals surface area contributed by atoms with Gasteiger partial charge in [0.25, 0.3) is 0 Å². The summed E-state index contributed by atoms with van der Waals surface area (Å²) < 4.78 is 0. The molecule has 0 atom stereocenters. The van der Waals surface area contributed by atoms with Crippen molar-refractivity contribution in [1.29, 1.82) is 0 Å². The Labute approximate surface area is 258 Å². The number of nitrogens with zero attached hydrogens (tertiary/aromatic N) is 3. The first-order valence-electron chi connectivity index (χ1n) is 12.6. The van der Waals surface area contributed by atoms with Crippen LogP contribution in [-0.2, 0) is 18.6 Å². The fraction of sp³-hybridized carbons (Fsp3) is 0.387. The molecule has 0 aliphatic rings. The Morgan fingerprint density at radius 3 is 1.16 bits per heavy atom. The number of halogens is 3. The number of para-hydroxylation sites is 2. The molecule has 3 rings (SSSR count). The van der Waals surface area contributed by atoms with Crippen LogP contribution < -0.4 is 24.8 Å². The van der Waals surface area contributed by atoms with Gasteiger partial charge in [-0.25, -0.2) is 4.98 Å². The van der Waals surface area contributed by atoms with Gasteiger partial charge in [-0.1, -0.05) is 103 Å². The number of hydrogen-bond donors (Lipinski definition) is 0. The maximum atomic E-state index is 6.48. The molecule has 203 valence electrons. The van der Waals surface area contributed by atoms with Crippen LogP contribution in [0.2, 0.25) is 5.02 Å². The van der Waals surface area contributed by atoms with Crippen molar-refractivity contribution < 1.29 is 43.4 Å². The molecule has 0 aliphatic carbocycles. The third-order valence-corrected chi connectivity index (χ3v) is 6.38. The average Bonchev–Trinajstić information content (AvgIpc) is 2.80. The second kappa shape index (κ2) is 16.5. The van der Waals surface area contributed by atoms with E-state index in [1.165, 1.54) is 22.3 Å². The normalized spacial score (nSPS) is 11.4. The fourth-order valence-electron chi connectivity index (χ4n) is 4.25. The standard InChI is InChI=1S/C31H38ClN3.2ClH.V/c1-19(2)26-11-9-12-27(20(3)4)30(26)33-17-24-15-23(32)16-25(35-24)18-34-31-28(21(5)6)13-10-14-29(31)22(7)8;;;/h9-22H,1-8H3;2*1H;/q;;;+2/p-2. The minimum absolute atomic E-state index is 0. The van der Waals surface area contributed by atoms with E-state index in [1.807, 2.05) is 24.6 Å². The first kappa shape index (κ1) is 36.4. The molecule has 2 aromatic carbocycles.